The first-order valence-corrected chi connectivity index (χ1v) is 5.96. The molecule has 2 aromatic rings. The number of aryl methyl sites for hydroxylation is 1. The lowest BCUT2D eigenvalue weighted by atomic mass is 10.2. The van der Waals surface area contributed by atoms with Gasteiger partial charge in [0.1, 0.15) is 0 Å². The van der Waals surface area contributed by atoms with Crippen molar-refractivity contribution in [3.8, 4) is 0 Å². The van der Waals surface area contributed by atoms with Gasteiger partial charge in [0.25, 0.3) is 5.91 Å². The van der Waals surface area contributed by atoms with Gasteiger partial charge in [-0.1, -0.05) is 12.0 Å². The molecule has 0 aromatic carbocycles. The number of aromatic amines is 1. The van der Waals surface area contributed by atoms with Crippen molar-refractivity contribution in [2.24, 2.45) is 0 Å². The van der Waals surface area contributed by atoms with Gasteiger partial charge in [0.2, 0.25) is 5.95 Å². The van der Waals surface area contributed by atoms with Crippen molar-refractivity contribution in [1.82, 2.24) is 20.6 Å². The highest BCUT2D eigenvalue weighted by molar-refractivity contribution is 7.10. The van der Waals surface area contributed by atoms with E-state index < -0.39 is 0 Å². The van der Waals surface area contributed by atoms with Crippen molar-refractivity contribution in [1.29, 1.82) is 0 Å². The zero-order valence-corrected chi connectivity index (χ0v) is 9.99. The van der Waals surface area contributed by atoms with Crippen molar-refractivity contribution >= 4 is 29.3 Å². The zero-order chi connectivity index (χ0) is 12.1. The van der Waals surface area contributed by atoms with E-state index in [4.69, 9.17) is 0 Å². The molecule has 7 heteroatoms. The summed E-state index contributed by atoms with van der Waals surface area (Å²) in [6.45, 7) is 2.10. The van der Waals surface area contributed by atoms with Crippen LogP contribution in [0.4, 0.5) is 5.95 Å². The van der Waals surface area contributed by atoms with Crippen molar-refractivity contribution in [2.45, 2.75) is 13.3 Å². The maximum atomic E-state index is 11.5. The fourth-order valence-corrected chi connectivity index (χ4v) is 2.02. The van der Waals surface area contributed by atoms with Gasteiger partial charge in [0, 0.05) is 11.0 Å². The van der Waals surface area contributed by atoms with Gasteiger partial charge in [-0.05, 0) is 39.9 Å². The second-order valence-corrected chi connectivity index (χ2v) is 4.27. The Labute approximate surface area is 102 Å². The van der Waals surface area contributed by atoms with Crippen molar-refractivity contribution in [3.05, 3.63) is 28.0 Å². The van der Waals surface area contributed by atoms with Gasteiger partial charge in [-0.15, -0.1) is 11.3 Å². The summed E-state index contributed by atoms with van der Waals surface area (Å²) in [6.07, 6.45) is 4.22. The first kappa shape index (κ1) is 11.5. The highest BCUT2D eigenvalue weighted by Gasteiger charge is 2.00. The third kappa shape index (κ3) is 3.22. The second kappa shape index (κ2) is 5.35. The number of tetrazole rings is 1. The lowest BCUT2D eigenvalue weighted by Crippen LogP contribution is -2.08. The molecular weight excluding hydrogens is 238 g/mol. The van der Waals surface area contributed by atoms with E-state index in [1.54, 1.807) is 17.4 Å². The average Bonchev–Trinajstić information content (AvgIpc) is 2.96. The molecule has 2 aromatic heterocycles. The molecule has 0 radical (unpaired) electrons. The fourth-order valence-electron chi connectivity index (χ4n) is 1.21. The monoisotopic (exact) mass is 249 g/mol. The average molecular weight is 249 g/mol. The highest BCUT2D eigenvalue weighted by Crippen LogP contribution is 2.16. The van der Waals surface area contributed by atoms with Crippen LogP contribution in [0.3, 0.4) is 0 Å². The predicted molar refractivity (Wildman–Crippen MR) is 65.5 cm³/mol. The Morgan fingerprint density at radius 1 is 1.65 bits per heavy atom. The molecule has 0 aliphatic carbocycles. The van der Waals surface area contributed by atoms with Crippen LogP contribution >= 0.6 is 11.3 Å². The number of H-pyrrole nitrogens is 1. The Bertz CT molecular complexity index is 517. The molecular formula is C10H11N5OS. The molecule has 1 amide bonds. The van der Waals surface area contributed by atoms with E-state index in [2.05, 4.69) is 38.9 Å². The minimum Gasteiger partial charge on any atom is -0.290 e. The summed E-state index contributed by atoms with van der Waals surface area (Å²) >= 11 is 1.69. The summed E-state index contributed by atoms with van der Waals surface area (Å²) < 4.78 is 0. The van der Waals surface area contributed by atoms with Crippen LogP contribution in [-0.4, -0.2) is 26.5 Å². The number of hydrogen-bond donors (Lipinski definition) is 2. The van der Waals surface area contributed by atoms with Crippen LogP contribution in [0, 0.1) is 0 Å². The Hall–Kier alpha value is -2.02. The van der Waals surface area contributed by atoms with Crippen LogP contribution in [0.25, 0.3) is 6.08 Å². The molecule has 17 heavy (non-hydrogen) atoms. The number of hydrogen-bond acceptors (Lipinski definition) is 5. The number of carbonyl (C=O) groups excluding carboxylic acids is 1. The van der Waals surface area contributed by atoms with Gasteiger partial charge < -0.3 is 0 Å². The molecule has 0 fully saturated rings. The molecule has 0 bridgehead atoms. The van der Waals surface area contributed by atoms with Crippen LogP contribution < -0.4 is 5.32 Å². The quantitative estimate of drug-likeness (QED) is 0.804. The summed E-state index contributed by atoms with van der Waals surface area (Å²) in [7, 11) is 0. The predicted octanol–water partition coefficient (Wildman–Crippen LogP) is 1.48. The van der Waals surface area contributed by atoms with Gasteiger partial charge in [0.05, 0.1) is 0 Å². The Kier molecular flexibility index (Phi) is 3.61. The van der Waals surface area contributed by atoms with E-state index in [1.807, 2.05) is 5.38 Å². The molecule has 0 spiro atoms. The van der Waals surface area contributed by atoms with Crippen molar-refractivity contribution in [2.75, 3.05) is 5.32 Å². The molecule has 0 saturated carbocycles. The fraction of sp³-hybridized carbons (Fsp3) is 0.200. The lowest BCUT2D eigenvalue weighted by Gasteiger charge is -1.92. The van der Waals surface area contributed by atoms with Gasteiger partial charge in [-0.25, -0.2) is 5.10 Å². The summed E-state index contributed by atoms with van der Waals surface area (Å²) in [5.41, 5.74) is 1.03. The van der Waals surface area contributed by atoms with Gasteiger partial charge >= 0.3 is 0 Å². The summed E-state index contributed by atoms with van der Waals surface area (Å²) in [6, 6.07) is 2.06. The number of rotatable bonds is 4. The van der Waals surface area contributed by atoms with E-state index in [-0.39, 0.29) is 11.9 Å². The molecule has 6 nitrogen and oxygen atoms in total. The smallest absolute Gasteiger partial charge is 0.250 e. The molecule has 2 N–H and O–H groups in total. The number of aromatic nitrogens is 4. The second-order valence-electron chi connectivity index (χ2n) is 3.27. The number of thiophene rings is 1. The molecule has 2 heterocycles. The third-order valence-electron chi connectivity index (χ3n) is 2.04. The van der Waals surface area contributed by atoms with E-state index in [1.165, 1.54) is 11.0 Å². The molecule has 0 atom stereocenters. The van der Waals surface area contributed by atoms with Gasteiger partial charge in [-0.3, -0.25) is 10.1 Å². The first-order valence-electron chi connectivity index (χ1n) is 5.08. The molecule has 0 saturated heterocycles. The molecule has 0 aliphatic rings. The standard InChI is InChI=1S/C10H11N5OS/c1-2-8-5-7(6-17-8)3-4-9(16)11-10-12-14-15-13-10/h3-6H,2H2,1H3,(H2,11,12,13,14,15,16). The van der Waals surface area contributed by atoms with E-state index >= 15 is 0 Å². The van der Waals surface area contributed by atoms with Gasteiger partial charge in [0.15, 0.2) is 0 Å². The first-order chi connectivity index (χ1) is 8.28. The topological polar surface area (TPSA) is 83.6 Å². The molecule has 0 aliphatic heterocycles. The van der Waals surface area contributed by atoms with Gasteiger partial charge in [-0.2, -0.15) is 0 Å². The number of nitrogens with zero attached hydrogens (tertiary/aromatic N) is 3. The minimum atomic E-state index is -0.271. The zero-order valence-electron chi connectivity index (χ0n) is 9.17. The Balaban J connectivity index is 1.93. The van der Waals surface area contributed by atoms with Crippen LogP contribution in [0.2, 0.25) is 0 Å². The number of carbonyl (C=O) groups is 1. The summed E-state index contributed by atoms with van der Waals surface area (Å²) in [5, 5.41) is 17.2. The maximum Gasteiger partial charge on any atom is 0.250 e. The van der Waals surface area contributed by atoms with Crippen molar-refractivity contribution in [3.63, 3.8) is 0 Å². The van der Waals surface area contributed by atoms with E-state index in [0.29, 0.717) is 0 Å². The summed E-state index contributed by atoms with van der Waals surface area (Å²) in [4.78, 5) is 12.7. The highest BCUT2D eigenvalue weighted by atomic mass is 32.1. The molecule has 88 valence electrons. The summed E-state index contributed by atoms with van der Waals surface area (Å²) in [5.74, 6) is -0.0352. The number of anilines is 1. The van der Waals surface area contributed by atoms with E-state index in [9.17, 15) is 4.79 Å². The minimum absolute atomic E-state index is 0.235. The Morgan fingerprint density at radius 2 is 2.53 bits per heavy atom. The Morgan fingerprint density at radius 3 is 3.18 bits per heavy atom. The van der Waals surface area contributed by atoms with E-state index in [0.717, 1.165) is 12.0 Å². The maximum absolute atomic E-state index is 11.5. The molecule has 2 rings (SSSR count). The molecule has 0 unspecified atom stereocenters. The van der Waals surface area contributed by atoms with Crippen molar-refractivity contribution < 1.29 is 4.79 Å². The van der Waals surface area contributed by atoms with Crippen LogP contribution in [0.5, 0.6) is 0 Å². The normalized spacial score (nSPS) is 10.9. The van der Waals surface area contributed by atoms with Crippen LogP contribution in [-0.2, 0) is 11.2 Å². The number of nitrogens with one attached hydrogen (secondary N) is 2. The van der Waals surface area contributed by atoms with Crippen LogP contribution in [0.1, 0.15) is 17.4 Å². The lowest BCUT2D eigenvalue weighted by molar-refractivity contribution is -0.111. The largest absolute Gasteiger partial charge is 0.290 e. The number of amides is 1. The third-order valence-corrected chi connectivity index (χ3v) is 3.14. The van der Waals surface area contributed by atoms with Crippen LogP contribution in [0.15, 0.2) is 17.5 Å². The SMILES string of the molecule is CCc1cc(C=CC(=O)Nc2nnn[nH]2)cs1.